The highest BCUT2D eigenvalue weighted by Gasteiger charge is 1.96. The van der Waals surface area contributed by atoms with Gasteiger partial charge in [0.2, 0.25) is 5.91 Å². The lowest BCUT2D eigenvalue weighted by Crippen LogP contribution is -2.38. The van der Waals surface area contributed by atoms with Crippen molar-refractivity contribution in [2.24, 2.45) is 0 Å². The highest BCUT2D eigenvalue weighted by molar-refractivity contribution is 5.75. The molecule has 0 spiro atoms. The van der Waals surface area contributed by atoms with Crippen molar-refractivity contribution in [1.29, 1.82) is 0 Å². The lowest BCUT2D eigenvalue weighted by atomic mass is 10.4. The first-order valence-electron chi connectivity index (χ1n) is 3.93. The van der Waals surface area contributed by atoms with Crippen molar-refractivity contribution < 1.29 is 9.59 Å². The summed E-state index contributed by atoms with van der Waals surface area (Å²) in [6, 6.07) is -0.235. The van der Waals surface area contributed by atoms with E-state index < -0.39 is 0 Å². The summed E-state index contributed by atoms with van der Waals surface area (Å²) in [5, 5.41) is 7.58. The van der Waals surface area contributed by atoms with Crippen LogP contribution in [0.1, 0.15) is 13.3 Å². The van der Waals surface area contributed by atoms with Crippen molar-refractivity contribution in [2.75, 3.05) is 20.1 Å². The van der Waals surface area contributed by atoms with Gasteiger partial charge in [-0.3, -0.25) is 4.79 Å². The fraction of sp³-hybridized carbons (Fsp3) is 0.714. The monoisotopic (exact) mass is 173 g/mol. The smallest absolute Gasteiger partial charge is 0.314 e. The Balaban J connectivity index is 3.21. The lowest BCUT2D eigenvalue weighted by molar-refractivity contribution is -0.120. The Morgan fingerprint density at radius 1 is 1.17 bits per heavy atom. The molecular formula is C7H15N3O2. The molecule has 0 aromatic heterocycles. The molecular weight excluding hydrogens is 158 g/mol. The van der Waals surface area contributed by atoms with Crippen molar-refractivity contribution >= 4 is 11.9 Å². The molecule has 0 aliphatic carbocycles. The molecule has 0 aliphatic rings. The molecule has 5 nitrogen and oxygen atoms in total. The first kappa shape index (κ1) is 10.7. The van der Waals surface area contributed by atoms with Gasteiger partial charge < -0.3 is 16.0 Å². The Bertz CT molecular complexity index is 141. The second-order valence-electron chi connectivity index (χ2n) is 2.21. The number of amides is 3. The van der Waals surface area contributed by atoms with Crippen LogP contribution in [0.4, 0.5) is 4.79 Å². The second-order valence-corrected chi connectivity index (χ2v) is 2.21. The molecule has 3 N–H and O–H groups in total. The maximum atomic E-state index is 10.7. The van der Waals surface area contributed by atoms with E-state index in [1.165, 1.54) is 0 Å². The minimum Gasteiger partial charge on any atom is -0.354 e. The van der Waals surface area contributed by atoms with E-state index in [1.807, 2.05) is 0 Å². The van der Waals surface area contributed by atoms with E-state index in [-0.39, 0.29) is 11.9 Å². The van der Waals surface area contributed by atoms with Gasteiger partial charge in [0.25, 0.3) is 0 Å². The third-order valence-electron chi connectivity index (χ3n) is 1.28. The Hall–Kier alpha value is -1.26. The molecule has 0 aromatic carbocycles. The van der Waals surface area contributed by atoms with Gasteiger partial charge in [0.05, 0.1) is 0 Å². The molecule has 0 saturated heterocycles. The fourth-order valence-corrected chi connectivity index (χ4v) is 0.591. The molecule has 3 amide bonds. The molecule has 0 unspecified atom stereocenters. The average Bonchev–Trinajstić information content (AvgIpc) is 2.11. The van der Waals surface area contributed by atoms with Gasteiger partial charge in [-0.1, -0.05) is 6.92 Å². The number of hydrogen-bond acceptors (Lipinski definition) is 2. The van der Waals surface area contributed by atoms with Crippen LogP contribution in [0.25, 0.3) is 0 Å². The number of rotatable bonds is 4. The summed E-state index contributed by atoms with van der Waals surface area (Å²) < 4.78 is 0. The fourth-order valence-electron chi connectivity index (χ4n) is 0.591. The molecule has 0 rings (SSSR count). The summed E-state index contributed by atoms with van der Waals surface area (Å²) in [6.07, 6.45) is 0.472. The maximum absolute atomic E-state index is 10.7. The average molecular weight is 173 g/mol. The van der Waals surface area contributed by atoms with E-state index in [1.54, 1.807) is 14.0 Å². The summed E-state index contributed by atoms with van der Waals surface area (Å²) in [6.45, 7) is 2.70. The highest BCUT2D eigenvalue weighted by atomic mass is 16.2. The predicted octanol–water partition coefficient (Wildman–Crippen LogP) is -0.558. The molecule has 70 valence electrons. The summed E-state index contributed by atoms with van der Waals surface area (Å²) in [5.41, 5.74) is 0. The molecule has 5 heteroatoms. The quantitative estimate of drug-likeness (QED) is 0.499. The van der Waals surface area contributed by atoms with Gasteiger partial charge >= 0.3 is 6.03 Å². The van der Waals surface area contributed by atoms with Gasteiger partial charge in [-0.2, -0.15) is 0 Å². The van der Waals surface area contributed by atoms with Crippen LogP contribution in [0.2, 0.25) is 0 Å². The largest absolute Gasteiger partial charge is 0.354 e. The third-order valence-corrected chi connectivity index (χ3v) is 1.28. The van der Waals surface area contributed by atoms with Crippen molar-refractivity contribution in [1.82, 2.24) is 16.0 Å². The van der Waals surface area contributed by atoms with Crippen LogP contribution in [0.3, 0.4) is 0 Å². The van der Waals surface area contributed by atoms with Gasteiger partial charge in [0.15, 0.2) is 0 Å². The van der Waals surface area contributed by atoms with E-state index in [0.29, 0.717) is 19.5 Å². The zero-order valence-electron chi connectivity index (χ0n) is 7.44. The van der Waals surface area contributed by atoms with Crippen LogP contribution in [0.15, 0.2) is 0 Å². The number of urea groups is 1. The van der Waals surface area contributed by atoms with Crippen molar-refractivity contribution in [3.8, 4) is 0 Å². The Kier molecular flexibility index (Phi) is 5.77. The molecule has 0 saturated carbocycles. The first-order chi connectivity index (χ1) is 5.70. The highest BCUT2D eigenvalue weighted by Crippen LogP contribution is 1.72. The Morgan fingerprint density at radius 3 is 2.25 bits per heavy atom. The van der Waals surface area contributed by atoms with Gasteiger partial charge in [0.1, 0.15) is 0 Å². The van der Waals surface area contributed by atoms with Crippen LogP contribution >= 0.6 is 0 Å². The van der Waals surface area contributed by atoms with E-state index in [2.05, 4.69) is 16.0 Å². The molecule has 0 heterocycles. The zero-order valence-corrected chi connectivity index (χ0v) is 7.44. The maximum Gasteiger partial charge on any atom is 0.314 e. The Labute approximate surface area is 71.9 Å². The molecule has 0 aromatic rings. The van der Waals surface area contributed by atoms with Crippen LogP contribution < -0.4 is 16.0 Å². The van der Waals surface area contributed by atoms with Gasteiger partial charge in [-0.25, -0.2) is 4.79 Å². The molecule has 12 heavy (non-hydrogen) atoms. The van der Waals surface area contributed by atoms with E-state index in [4.69, 9.17) is 0 Å². The van der Waals surface area contributed by atoms with E-state index in [9.17, 15) is 9.59 Å². The summed E-state index contributed by atoms with van der Waals surface area (Å²) in [7, 11) is 1.54. The van der Waals surface area contributed by atoms with Crippen LogP contribution in [0, 0.1) is 0 Å². The van der Waals surface area contributed by atoms with Crippen molar-refractivity contribution in [2.45, 2.75) is 13.3 Å². The molecule has 0 aliphatic heterocycles. The third kappa shape index (κ3) is 5.52. The summed E-state index contributed by atoms with van der Waals surface area (Å²) in [4.78, 5) is 21.3. The minimum atomic E-state index is -0.235. The Morgan fingerprint density at radius 2 is 1.75 bits per heavy atom. The van der Waals surface area contributed by atoms with E-state index >= 15 is 0 Å². The normalized spacial score (nSPS) is 8.83. The van der Waals surface area contributed by atoms with E-state index in [0.717, 1.165) is 0 Å². The standard InChI is InChI=1S/C7H15N3O2/c1-3-6(11)9-4-5-10-7(12)8-2/h3-5H2,1-2H3,(H,9,11)(H2,8,10,12). The number of carbonyl (C=O) groups excluding carboxylic acids is 2. The van der Waals surface area contributed by atoms with Gasteiger partial charge in [-0.05, 0) is 0 Å². The van der Waals surface area contributed by atoms with Gasteiger partial charge in [-0.15, -0.1) is 0 Å². The van der Waals surface area contributed by atoms with Gasteiger partial charge in [0, 0.05) is 26.6 Å². The molecule has 0 radical (unpaired) electrons. The second kappa shape index (κ2) is 6.45. The number of carbonyl (C=O) groups is 2. The molecule has 0 atom stereocenters. The van der Waals surface area contributed by atoms with Crippen LogP contribution in [-0.2, 0) is 4.79 Å². The predicted molar refractivity (Wildman–Crippen MR) is 45.8 cm³/mol. The zero-order chi connectivity index (χ0) is 9.40. The number of hydrogen-bond donors (Lipinski definition) is 3. The lowest BCUT2D eigenvalue weighted by Gasteiger charge is -2.04. The topological polar surface area (TPSA) is 70.2 Å². The molecule has 0 fully saturated rings. The van der Waals surface area contributed by atoms with Crippen molar-refractivity contribution in [3.63, 3.8) is 0 Å². The minimum absolute atomic E-state index is 0.00583. The molecule has 0 bridgehead atoms. The van der Waals surface area contributed by atoms with Crippen LogP contribution in [-0.4, -0.2) is 32.1 Å². The summed E-state index contributed by atoms with van der Waals surface area (Å²) in [5.74, 6) is -0.00583. The number of nitrogens with one attached hydrogen (secondary N) is 3. The van der Waals surface area contributed by atoms with Crippen molar-refractivity contribution in [3.05, 3.63) is 0 Å². The van der Waals surface area contributed by atoms with Crippen LogP contribution in [0.5, 0.6) is 0 Å². The SMILES string of the molecule is CCC(=O)NCCNC(=O)NC. The summed E-state index contributed by atoms with van der Waals surface area (Å²) >= 11 is 0. The first-order valence-corrected chi connectivity index (χ1v) is 3.93.